The molecule has 0 aliphatic carbocycles. The summed E-state index contributed by atoms with van der Waals surface area (Å²) in [6.45, 7) is -1.08. The first-order valence-electron chi connectivity index (χ1n) is 5.33. The van der Waals surface area contributed by atoms with Gasteiger partial charge in [-0.1, -0.05) is 6.07 Å². The van der Waals surface area contributed by atoms with E-state index < -0.39 is 6.61 Å². The fourth-order valence-electron chi connectivity index (χ4n) is 1.75. The molecule has 0 saturated carbocycles. The van der Waals surface area contributed by atoms with Crippen LogP contribution in [0, 0.1) is 0 Å². The van der Waals surface area contributed by atoms with Gasteiger partial charge in [-0.15, -0.1) is 0 Å². The third kappa shape index (κ3) is 1.79. The van der Waals surface area contributed by atoms with Gasteiger partial charge in [0.05, 0.1) is 0 Å². The highest BCUT2D eigenvalue weighted by molar-refractivity contribution is 5.81. The van der Waals surface area contributed by atoms with Gasteiger partial charge in [0.1, 0.15) is 0 Å². The SMILES string of the molecule is FC(F)Oc1cccc2oc(N3CCC3)nc12. The Kier molecular flexibility index (Phi) is 2.35. The number of fused-ring (bicyclic) bond motifs is 1. The van der Waals surface area contributed by atoms with Gasteiger partial charge in [-0.3, -0.25) is 0 Å². The summed E-state index contributed by atoms with van der Waals surface area (Å²) in [5.74, 6) is 0.0491. The van der Waals surface area contributed by atoms with Crippen LogP contribution in [-0.4, -0.2) is 24.7 Å². The zero-order chi connectivity index (χ0) is 11.8. The fourth-order valence-corrected chi connectivity index (χ4v) is 1.75. The second kappa shape index (κ2) is 3.87. The number of hydrogen-bond donors (Lipinski definition) is 0. The summed E-state index contributed by atoms with van der Waals surface area (Å²) in [5.41, 5.74) is 0.805. The van der Waals surface area contributed by atoms with Gasteiger partial charge in [0.25, 0.3) is 6.01 Å². The van der Waals surface area contributed by atoms with Gasteiger partial charge in [0.2, 0.25) is 0 Å². The Morgan fingerprint density at radius 2 is 2.18 bits per heavy atom. The molecule has 2 aromatic rings. The number of anilines is 1. The van der Waals surface area contributed by atoms with E-state index in [2.05, 4.69) is 9.72 Å². The number of aromatic nitrogens is 1. The summed E-state index contributed by atoms with van der Waals surface area (Å²) in [6.07, 6.45) is 1.10. The van der Waals surface area contributed by atoms with Crippen molar-refractivity contribution >= 4 is 17.1 Å². The van der Waals surface area contributed by atoms with Crippen LogP contribution >= 0.6 is 0 Å². The smallest absolute Gasteiger partial charge is 0.387 e. The van der Waals surface area contributed by atoms with E-state index >= 15 is 0 Å². The Labute approximate surface area is 95.8 Å². The van der Waals surface area contributed by atoms with Crippen molar-refractivity contribution in [1.29, 1.82) is 0 Å². The van der Waals surface area contributed by atoms with Crippen LogP contribution in [0.2, 0.25) is 0 Å². The van der Waals surface area contributed by atoms with Gasteiger partial charge in [0.15, 0.2) is 16.8 Å². The molecule has 17 heavy (non-hydrogen) atoms. The summed E-state index contributed by atoms with van der Waals surface area (Å²) in [6, 6.07) is 5.21. The van der Waals surface area contributed by atoms with Gasteiger partial charge in [0, 0.05) is 13.1 Å². The molecular formula is C11H10F2N2O2. The van der Waals surface area contributed by atoms with E-state index in [1.165, 1.54) is 6.07 Å². The Bertz CT molecular complexity index is 537. The summed E-state index contributed by atoms with van der Waals surface area (Å²) in [4.78, 5) is 6.14. The standard InChI is InChI=1S/C11H10F2N2O2/c12-10(13)16-7-3-1-4-8-9(7)14-11(17-8)15-5-2-6-15/h1,3-4,10H,2,5-6H2. The molecular weight excluding hydrogens is 230 g/mol. The van der Waals surface area contributed by atoms with Crippen molar-refractivity contribution in [3.63, 3.8) is 0 Å². The molecule has 3 rings (SSSR count). The van der Waals surface area contributed by atoms with E-state index in [0.29, 0.717) is 17.1 Å². The molecule has 1 aromatic heterocycles. The lowest BCUT2D eigenvalue weighted by atomic mass is 10.2. The van der Waals surface area contributed by atoms with E-state index in [1.807, 2.05) is 4.90 Å². The van der Waals surface area contributed by atoms with Crippen LogP contribution in [0.25, 0.3) is 11.1 Å². The highest BCUT2D eigenvalue weighted by Crippen LogP contribution is 2.31. The van der Waals surface area contributed by atoms with Crippen LogP contribution in [-0.2, 0) is 0 Å². The summed E-state index contributed by atoms with van der Waals surface area (Å²) < 4.78 is 34.3. The molecule has 4 nitrogen and oxygen atoms in total. The minimum Gasteiger partial charge on any atom is -0.432 e. The molecule has 0 bridgehead atoms. The minimum absolute atomic E-state index is 0.0491. The molecule has 1 aromatic carbocycles. The lowest BCUT2D eigenvalue weighted by molar-refractivity contribution is -0.0489. The number of hydrogen-bond acceptors (Lipinski definition) is 4. The predicted molar refractivity (Wildman–Crippen MR) is 57.5 cm³/mol. The molecule has 1 fully saturated rings. The van der Waals surface area contributed by atoms with E-state index in [4.69, 9.17) is 4.42 Å². The highest BCUT2D eigenvalue weighted by atomic mass is 19.3. The van der Waals surface area contributed by atoms with Crippen molar-refractivity contribution in [1.82, 2.24) is 4.98 Å². The number of halogens is 2. The number of nitrogens with zero attached hydrogens (tertiary/aromatic N) is 2. The molecule has 6 heteroatoms. The molecule has 1 saturated heterocycles. The van der Waals surface area contributed by atoms with Crippen molar-refractivity contribution in [3.05, 3.63) is 18.2 Å². The topological polar surface area (TPSA) is 38.5 Å². The quantitative estimate of drug-likeness (QED) is 0.826. The number of para-hydroxylation sites is 1. The number of oxazole rings is 1. The summed E-state index contributed by atoms with van der Waals surface area (Å²) >= 11 is 0. The molecule has 0 spiro atoms. The first-order chi connectivity index (χ1) is 8.24. The fraction of sp³-hybridized carbons (Fsp3) is 0.364. The minimum atomic E-state index is -2.86. The van der Waals surface area contributed by atoms with Crippen LogP contribution in [0.4, 0.5) is 14.8 Å². The largest absolute Gasteiger partial charge is 0.432 e. The Morgan fingerprint density at radius 1 is 1.35 bits per heavy atom. The number of ether oxygens (including phenoxy) is 1. The molecule has 2 heterocycles. The monoisotopic (exact) mass is 240 g/mol. The van der Waals surface area contributed by atoms with E-state index in [1.54, 1.807) is 12.1 Å². The van der Waals surface area contributed by atoms with Gasteiger partial charge in [-0.2, -0.15) is 13.8 Å². The summed E-state index contributed by atoms with van der Waals surface area (Å²) in [5, 5.41) is 0. The van der Waals surface area contributed by atoms with Gasteiger partial charge >= 0.3 is 6.61 Å². The van der Waals surface area contributed by atoms with Crippen molar-refractivity contribution in [2.45, 2.75) is 13.0 Å². The predicted octanol–water partition coefficient (Wildman–Crippen LogP) is 2.64. The van der Waals surface area contributed by atoms with Crippen molar-refractivity contribution in [3.8, 4) is 5.75 Å². The highest BCUT2D eigenvalue weighted by Gasteiger charge is 2.21. The van der Waals surface area contributed by atoms with Crippen molar-refractivity contribution in [2.24, 2.45) is 0 Å². The average molecular weight is 240 g/mol. The number of benzene rings is 1. The third-order valence-corrected chi connectivity index (χ3v) is 2.71. The van der Waals surface area contributed by atoms with Crippen molar-refractivity contribution < 1.29 is 17.9 Å². The lowest BCUT2D eigenvalue weighted by Crippen LogP contribution is -2.37. The number of rotatable bonds is 3. The molecule has 1 aliphatic heterocycles. The third-order valence-electron chi connectivity index (χ3n) is 2.71. The normalized spacial score (nSPS) is 15.4. The zero-order valence-electron chi connectivity index (χ0n) is 8.90. The maximum absolute atomic E-state index is 12.2. The van der Waals surface area contributed by atoms with Crippen LogP contribution in [0.3, 0.4) is 0 Å². The Balaban J connectivity index is 2.01. The molecule has 0 N–H and O–H groups in total. The molecule has 0 amide bonds. The second-order valence-electron chi connectivity index (χ2n) is 3.82. The van der Waals surface area contributed by atoms with E-state index in [0.717, 1.165) is 19.5 Å². The van der Waals surface area contributed by atoms with Crippen LogP contribution in [0.5, 0.6) is 5.75 Å². The Hall–Kier alpha value is -1.85. The first-order valence-corrected chi connectivity index (χ1v) is 5.33. The Morgan fingerprint density at radius 3 is 2.82 bits per heavy atom. The second-order valence-corrected chi connectivity index (χ2v) is 3.82. The van der Waals surface area contributed by atoms with E-state index in [9.17, 15) is 8.78 Å². The van der Waals surface area contributed by atoms with Gasteiger partial charge in [-0.25, -0.2) is 0 Å². The van der Waals surface area contributed by atoms with Crippen LogP contribution in [0.15, 0.2) is 22.6 Å². The first kappa shape index (κ1) is 10.3. The molecule has 90 valence electrons. The molecule has 1 aliphatic rings. The number of alkyl halides is 2. The molecule has 0 radical (unpaired) electrons. The average Bonchev–Trinajstić information content (AvgIpc) is 2.58. The van der Waals surface area contributed by atoms with Gasteiger partial charge in [-0.05, 0) is 18.6 Å². The van der Waals surface area contributed by atoms with Crippen molar-refractivity contribution in [2.75, 3.05) is 18.0 Å². The molecule has 0 unspecified atom stereocenters. The van der Waals surface area contributed by atoms with Crippen LogP contribution in [0.1, 0.15) is 6.42 Å². The maximum atomic E-state index is 12.2. The summed E-state index contributed by atoms with van der Waals surface area (Å²) in [7, 11) is 0. The van der Waals surface area contributed by atoms with Crippen LogP contribution < -0.4 is 9.64 Å². The van der Waals surface area contributed by atoms with Gasteiger partial charge < -0.3 is 14.1 Å². The van der Waals surface area contributed by atoms with E-state index in [-0.39, 0.29) is 5.75 Å². The maximum Gasteiger partial charge on any atom is 0.387 e. The molecule has 0 atom stereocenters. The zero-order valence-corrected chi connectivity index (χ0v) is 8.90. The lowest BCUT2D eigenvalue weighted by Gasteiger charge is -2.28.